The standard InChI is InChI=1S/C22H24N4O3S/c1-3-28-13-8-12-26-15(2)18(19(23-22(26)27)16-9-5-4-6-10-16)21-24-20(25-29-21)17-11-7-14-30-17/h4-7,9-11,14,19H,3,8,12-13H2,1-2H3,(H,23,27). The Morgan fingerprint density at radius 3 is 2.80 bits per heavy atom. The van der Waals surface area contributed by atoms with Gasteiger partial charge in [0.1, 0.15) is 0 Å². The van der Waals surface area contributed by atoms with Gasteiger partial charge in [-0.3, -0.25) is 4.90 Å². The normalized spacial score (nSPS) is 16.8. The molecule has 1 N–H and O–H groups in total. The zero-order chi connectivity index (χ0) is 20.9. The molecule has 1 aliphatic heterocycles. The van der Waals surface area contributed by atoms with Gasteiger partial charge in [0.25, 0.3) is 5.89 Å². The van der Waals surface area contributed by atoms with E-state index in [9.17, 15) is 4.79 Å². The van der Waals surface area contributed by atoms with E-state index in [-0.39, 0.29) is 12.1 Å². The number of thiophene rings is 1. The van der Waals surface area contributed by atoms with Gasteiger partial charge < -0.3 is 14.6 Å². The van der Waals surface area contributed by atoms with Crippen molar-refractivity contribution < 1.29 is 14.1 Å². The number of nitrogens with one attached hydrogen (secondary N) is 1. The van der Waals surface area contributed by atoms with Crippen molar-refractivity contribution in [3.05, 3.63) is 65.0 Å². The van der Waals surface area contributed by atoms with E-state index < -0.39 is 0 Å². The highest BCUT2D eigenvalue weighted by Gasteiger charge is 2.35. The third kappa shape index (κ3) is 4.15. The molecule has 4 rings (SSSR count). The Balaban J connectivity index is 1.72. The highest BCUT2D eigenvalue weighted by atomic mass is 32.1. The molecule has 30 heavy (non-hydrogen) atoms. The molecule has 0 aliphatic carbocycles. The average Bonchev–Trinajstić information content (AvgIpc) is 3.45. The van der Waals surface area contributed by atoms with Crippen molar-refractivity contribution in [2.24, 2.45) is 0 Å². The van der Waals surface area contributed by atoms with Gasteiger partial charge in [0, 0.05) is 25.5 Å². The SMILES string of the molecule is CCOCCCN1C(=O)NC(c2ccccc2)C(c2nc(-c3cccs3)no2)=C1C. The maximum atomic E-state index is 12.9. The van der Waals surface area contributed by atoms with Gasteiger partial charge in [0.05, 0.1) is 16.5 Å². The molecule has 0 fully saturated rings. The van der Waals surface area contributed by atoms with Gasteiger partial charge in [0.2, 0.25) is 5.82 Å². The molecular formula is C22H24N4O3S. The molecule has 3 heterocycles. The van der Waals surface area contributed by atoms with E-state index in [2.05, 4.69) is 15.5 Å². The summed E-state index contributed by atoms with van der Waals surface area (Å²) in [5.41, 5.74) is 2.59. The molecule has 7 nitrogen and oxygen atoms in total. The van der Waals surface area contributed by atoms with Crippen molar-refractivity contribution in [3.8, 4) is 10.7 Å². The Kier molecular flexibility index (Phi) is 6.25. The fourth-order valence-electron chi connectivity index (χ4n) is 3.53. The van der Waals surface area contributed by atoms with Crippen molar-refractivity contribution in [2.45, 2.75) is 26.3 Å². The first-order valence-electron chi connectivity index (χ1n) is 9.98. The molecular weight excluding hydrogens is 400 g/mol. The zero-order valence-electron chi connectivity index (χ0n) is 17.0. The predicted octanol–water partition coefficient (Wildman–Crippen LogP) is 4.72. The molecule has 2 amide bonds. The Morgan fingerprint density at radius 2 is 2.07 bits per heavy atom. The second-order valence-corrected chi connectivity index (χ2v) is 7.84. The summed E-state index contributed by atoms with van der Waals surface area (Å²) in [6, 6.07) is 13.2. The van der Waals surface area contributed by atoms with Crippen LogP contribution in [0.25, 0.3) is 16.3 Å². The van der Waals surface area contributed by atoms with E-state index in [1.165, 1.54) is 0 Å². The Hall–Kier alpha value is -2.97. The summed E-state index contributed by atoms with van der Waals surface area (Å²) < 4.78 is 11.1. The van der Waals surface area contributed by atoms with Crippen molar-refractivity contribution in [2.75, 3.05) is 19.8 Å². The van der Waals surface area contributed by atoms with Gasteiger partial charge in [-0.1, -0.05) is 41.6 Å². The number of allylic oxidation sites excluding steroid dienone is 1. The lowest BCUT2D eigenvalue weighted by Crippen LogP contribution is -2.46. The molecule has 2 aromatic heterocycles. The van der Waals surface area contributed by atoms with Crippen LogP contribution in [0.2, 0.25) is 0 Å². The van der Waals surface area contributed by atoms with Crippen molar-refractivity contribution in [1.82, 2.24) is 20.4 Å². The first kappa shape index (κ1) is 20.3. The second kappa shape index (κ2) is 9.23. The van der Waals surface area contributed by atoms with Crippen LogP contribution in [0.4, 0.5) is 4.79 Å². The van der Waals surface area contributed by atoms with Crippen LogP contribution in [0.1, 0.15) is 37.8 Å². The van der Waals surface area contributed by atoms with Crippen molar-refractivity contribution >= 4 is 22.9 Å². The molecule has 0 spiro atoms. The zero-order valence-corrected chi connectivity index (χ0v) is 17.8. The van der Waals surface area contributed by atoms with Crippen LogP contribution in [0.15, 0.2) is 58.1 Å². The maximum absolute atomic E-state index is 12.9. The summed E-state index contributed by atoms with van der Waals surface area (Å²) in [4.78, 5) is 20.2. The minimum absolute atomic E-state index is 0.139. The van der Waals surface area contributed by atoms with Crippen LogP contribution < -0.4 is 5.32 Å². The largest absolute Gasteiger partial charge is 0.382 e. The molecule has 1 unspecified atom stereocenters. The number of amides is 2. The smallest absolute Gasteiger partial charge is 0.322 e. The number of carbonyl (C=O) groups excluding carboxylic acids is 1. The first-order chi connectivity index (χ1) is 14.7. The highest BCUT2D eigenvalue weighted by Crippen LogP contribution is 2.37. The number of benzene rings is 1. The van der Waals surface area contributed by atoms with Gasteiger partial charge >= 0.3 is 6.03 Å². The summed E-state index contributed by atoms with van der Waals surface area (Å²) in [7, 11) is 0. The fourth-order valence-corrected chi connectivity index (χ4v) is 4.18. The van der Waals surface area contributed by atoms with Gasteiger partial charge in [-0.15, -0.1) is 11.3 Å². The molecule has 1 aliphatic rings. The van der Waals surface area contributed by atoms with Gasteiger partial charge in [-0.25, -0.2) is 4.79 Å². The van der Waals surface area contributed by atoms with Crippen molar-refractivity contribution in [1.29, 1.82) is 0 Å². The lowest BCUT2D eigenvalue weighted by Gasteiger charge is -2.35. The third-order valence-electron chi connectivity index (χ3n) is 5.00. The minimum Gasteiger partial charge on any atom is -0.382 e. The van der Waals surface area contributed by atoms with Crippen LogP contribution in [-0.2, 0) is 4.74 Å². The Morgan fingerprint density at radius 1 is 1.23 bits per heavy atom. The van der Waals surface area contributed by atoms with Crippen LogP contribution >= 0.6 is 11.3 Å². The summed E-state index contributed by atoms with van der Waals surface area (Å²) >= 11 is 1.56. The molecule has 0 saturated heterocycles. The van der Waals surface area contributed by atoms with E-state index >= 15 is 0 Å². The van der Waals surface area contributed by atoms with E-state index in [0.717, 1.165) is 28.1 Å². The van der Waals surface area contributed by atoms with E-state index in [0.29, 0.717) is 31.5 Å². The maximum Gasteiger partial charge on any atom is 0.322 e. The number of nitrogens with zero attached hydrogens (tertiary/aromatic N) is 3. The molecule has 3 aromatic rings. The monoisotopic (exact) mass is 424 g/mol. The topological polar surface area (TPSA) is 80.5 Å². The van der Waals surface area contributed by atoms with Gasteiger partial charge in [-0.2, -0.15) is 4.98 Å². The Bertz CT molecular complexity index is 1010. The van der Waals surface area contributed by atoms with Crippen LogP contribution in [0.5, 0.6) is 0 Å². The van der Waals surface area contributed by atoms with Crippen LogP contribution in [0.3, 0.4) is 0 Å². The highest BCUT2D eigenvalue weighted by molar-refractivity contribution is 7.13. The van der Waals surface area contributed by atoms with E-state index in [1.54, 1.807) is 16.2 Å². The molecule has 0 bridgehead atoms. The van der Waals surface area contributed by atoms with Gasteiger partial charge in [0.15, 0.2) is 0 Å². The van der Waals surface area contributed by atoms with Gasteiger partial charge in [-0.05, 0) is 37.3 Å². The summed E-state index contributed by atoms with van der Waals surface area (Å²) in [6.07, 6.45) is 0.742. The predicted molar refractivity (Wildman–Crippen MR) is 116 cm³/mol. The summed E-state index contributed by atoms with van der Waals surface area (Å²) in [5, 5.41) is 9.25. The number of aromatic nitrogens is 2. The molecule has 0 radical (unpaired) electrons. The molecule has 0 saturated carbocycles. The number of hydrogen-bond acceptors (Lipinski definition) is 6. The minimum atomic E-state index is -0.363. The number of rotatable bonds is 8. The number of hydrogen-bond donors (Lipinski definition) is 1. The van der Waals surface area contributed by atoms with Crippen LogP contribution in [0, 0.1) is 0 Å². The quantitative estimate of drug-likeness (QED) is 0.529. The average molecular weight is 425 g/mol. The molecule has 1 atom stereocenters. The second-order valence-electron chi connectivity index (χ2n) is 6.89. The van der Waals surface area contributed by atoms with Crippen LogP contribution in [-0.4, -0.2) is 40.8 Å². The number of urea groups is 1. The number of ether oxygens (including phenoxy) is 1. The van der Waals surface area contributed by atoms with E-state index in [1.807, 2.05) is 61.7 Å². The first-order valence-corrected chi connectivity index (χ1v) is 10.9. The lowest BCUT2D eigenvalue weighted by molar-refractivity contribution is 0.136. The van der Waals surface area contributed by atoms with Crippen molar-refractivity contribution in [3.63, 3.8) is 0 Å². The number of carbonyl (C=O) groups is 1. The Labute approximate surface area is 179 Å². The fraction of sp³-hybridized carbons (Fsp3) is 0.318. The molecule has 8 heteroatoms. The molecule has 1 aromatic carbocycles. The lowest BCUT2D eigenvalue weighted by atomic mass is 9.94. The molecule has 156 valence electrons. The summed E-state index contributed by atoms with van der Waals surface area (Å²) in [6.45, 7) is 5.71. The van der Waals surface area contributed by atoms with E-state index in [4.69, 9.17) is 9.26 Å². The third-order valence-corrected chi connectivity index (χ3v) is 5.87. The summed E-state index contributed by atoms with van der Waals surface area (Å²) in [5.74, 6) is 0.964.